The Kier molecular flexibility index (Phi) is 12.2. The monoisotopic (exact) mass is 284 g/mol. The van der Waals surface area contributed by atoms with E-state index < -0.39 is 5.97 Å². The number of unbranched alkanes of at least 4 members (excludes halogenated alkanes) is 7. The number of carboxylic acids is 1. The number of hydrogen-bond acceptors (Lipinski definition) is 2. The maximum Gasteiger partial charge on any atom is 1.00 e. The Labute approximate surface area is 145 Å². The molecule has 0 fully saturated rings. The second-order valence-electron chi connectivity index (χ2n) is 5.21. The molecule has 0 aliphatic carbocycles. The summed E-state index contributed by atoms with van der Waals surface area (Å²) in [5.74, 6) is -1.10. The molecule has 3 heteroatoms. The fourth-order valence-electron chi connectivity index (χ4n) is 2.27. The zero-order valence-corrected chi connectivity index (χ0v) is 15.0. The summed E-state index contributed by atoms with van der Waals surface area (Å²) in [6, 6.07) is 7.06. The van der Waals surface area contributed by atoms with Crippen molar-refractivity contribution in [1.82, 2.24) is 0 Å². The van der Waals surface area contributed by atoms with Crippen LogP contribution in [0.2, 0.25) is 0 Å². The van der Waals surface area contributed by atoms with E-state index in [4.69, 9.17) is 0 Å². The molecular weight excluding hydrogens is 259 g/mol. The molecule has 20 heavy (non-hydrogen) atoms. The maximum absolute atomic E-state index is 10.6. The van der Waals surface area contributed by atoms with Gasteiger partial charge < -0.3 is 9.90 Å². The second-order valence-corrected chi connectivity index (χ2v) is 5.21. The fourth-order valence-corrected chi connectivity index (χ4v) is 2.27. The van der Waals surface area contributed by atoms with E-state index in [9.17, 15) is 9.90 Å². The molecule has 0 spiro atoms. The molecule has 0 aromatic heterocycles. The number of aromatic carboxylic acids is 1. The standard InChI is InChI=1S/C17H26O2.Na/c1-2-3-4-5-6-7-8-9-10-15-11-13-16(14-12-15)17(18)19;/h11-14H,2-10H2,1H3,(H,18,19);/q;+1/p-1. The third-order valence-corrected chi connectivity index (χ3v) is 3.51. The number of aryl methyl sites for hydroxylation is 1. The van der Waals surface area contributed by atoms with Crippen molar-refractivity contribution in [3.8, 4) is 0 Å². The maximum atomic E-state index is 10.6. The summed E-state index contributed by atoms with van der Waals surface area (Å²) in [6.45, 7) is 2.24. The largest absolute Gasteiger partial charge is 1.00 e. The quantitative estimate of drug-likeness (QED) is 0.469. The molecule has 0 amide bonds. The number of carboxylic acid groups (broad SMARTS) is 1. The molecule has 0 heterocycles. The Balaban J connectivity index is 0.00000361. The van der Waals surface area contributed by atoms with Crippen LogP contribution in [0.3, 0.4) is 0 Å². The smallest absolute Gasteiger partial charge is 0.545 e. The van der Waals surface area contributed by atoms with Gasteiger partial charge in [0.15, 0.2) is 0 Å². The van der Waals surface area contributed by atoms with Crippen LogP contribution in [0.15, 0.2) is 24.3 Å². The second kappa shape index (κ2) is 12.4. The molecule has 0 saturated carbocycles. The van der Waals surface area contributed by atoms with Crippen LogP contribution < -0.4 is 34.7 Å². The summed E-state index contributed by atoms with van der Waals surface area (Å²) in [6.07, 6.45) is 11.6. The van der Waals surface area contributed by atoms with E-state index in [-0.39, 0.29) is 35.1 Å². The Morgan fingerprint density at radius 3 is 1.90 bits per heavy atom. The first-order valence-corrected chi connectivity index (χ1v) is 7.54. The van der Waals surface area contributed by atoms with E-state index in [1.54, 1.807) is 12.1 Å². The molecule has 1 aromatic carbocycles. The van der Waals surface area contributed by atoms with Crippen LogP contribution in [0.25, 0.3) is 0 Å². The van der Waals surface area contributed by atoms with Gasteiger partial charge in [-0.3, -0.25) is 0 Å². The Bertz CT molecular complexity index is 360. The molecule has 1 rings (SSSR count). The number of carbonyl (C=O) groups is 1. The van der Waals surface area contributed by atoms with E-state index >= 15 is 0 Å². The van der Waals surface area contributed by atoms with Crippen LogP contribution in [-0.2, 0) is 6.42 Å². The first-order valence-electron chi connectivity index (χ1n) is 7.54. The summed E-state index contributed by atoms with van der Waals surface area (Å²) in [7, 11) is 0. The summed E-state index contributed by atoms with van der Waals surface area (Å²) < 4.78 is 0. The van der Waals surface area contributed by atoms with Gasteiger partial charge in [0.2, 0.25) is 0 Å². The summed E-state index contributed by atoms with van der Waals surface area (Å²) in [5, 5.41) is 10.6. The predicted molar refractivity (Wildman–Crippen MR) is 77.1 cm³/mol. The first-order chi connectivity index (χ1) is 9.24. The minimum Gasteiger partial charge on any atom is -0.545 e. The molecule has 0 saturated heterocycles. The number of hydrogen-bond donors (Lipinski definition) is 0. The van der Waals surface area contributed by atoms with E-state index in [2.05, 4.69) is 6.92 Å². The molecule has 0 unspecified atom stereocenters. The van der Waals surface area contributed by atoms with Gasteiger partial charge in [0.1, 0.15) is 0 Å². The summed E-state index contributed by atoms with van der Waals surface area (Å²) in [4.78, 5) is 10.6. The molecule has 0 aliphatic heterocycles. The van der Waals surface area contributed by atoms with Gasteiger partial charge in [-0.05, 0) is 24.0 Å². The average Bonchev–Trinajstić information content (AvgIpc) is 2.42. The summed E-state index contributed by atoms with van der Waals surface area (Å²) >= 11 is 0. The number of rotatable bonds is 10. The van der Waals surface area contributed by atoms with Crippen molar-refractivity contribution in [3.05, 3.63) is 35.4 Å². The van der Waals surface area contributed by atoms with E-state index in [1.807, 2.05) is 12.1 Å². The average molecular weight is 284 g/mol. The van der Waals surface area contributed by atoms with Crippen LogP contribution in [0, 0.1) is 0 Å². The van der Waals surface area contributed by atoms with Gasteiger partial charge in [-0.2, -0.15) is 0 Å². The Morgan fingerprint density at radius 2 is 1.40 bits per heavy atom. The third-order valence-electron chi connectivity index (χ3n) is 3.51. The molecule has 0 N–H and O–H groups in total. The van der Waals surface area contributed by atoms with Crippen LogP contribution in [0.5, 0.6) is 0 Å². The van der Waals surface area contributed by atoms with Crippen molar-refractivity contribution in [2.24, 2.45) is 0 Å². The van der Waals surface area contributed by atoms with Gasteiger partial charge >= 0.3 is 29.6 Å². The summed E-state index contributed by atoms with van der Waals surface area (Å²) in [5.41, 5.74) is 1.48. The minimum atomic E-state index is -1.10. The molecule has 0 bridgehead atoms. The molecule has 1 aromatic rings. The van der Waals surface area contributed by atoms with Crippen molar-refractivity contribution in [2.75, 3.05) is 0 Å². The molecule has 0 atom stereocenters. The van der Waals surface area contributed by atoms with Crippen molar-refractivity contribution >= 4 is 5.97 Å². The Hall–Kier alpha value is -0.310. The normalized spacial score (nSPS) is 10.1. The molecule has 106 valence electrons. The predicted octanol–water partition coefficient (Wildman–Crippen LogP) is 0.737. The zero-order valence-electron chi connectivity index (χ0n) is 13.0. The van der Waals surface area contributed by atoms with Gasteiger partial charge in [-0.1, -0.05) is 76.1 Å². The Morgan fingerprint density at radius 1 is 0.900 bits per heavy atom. The van der Waals surface area contributed by atoms with Crippen LogP contribution in [0.4, 0.5) is 0 Å². The third kappa shape index (κ3) is 8.78. The molecule has 0 aliphatic rings. The molecule has 2 nitrogen and oxygen atoms in total. The topological polar surface area (TPSA) is 40.1 Å². The van der Waals surface area contributed by atoms with Gasteiger partial charge in [0, 0.05) is 0 Å². The molecule has 0 radical (unpaired) electrons. The van der Waals surface area contributed by atoms with Crippen molar-refractivity contribution in [2.45, 2.75) is 64.7 Å². The van der Waals surface area contributed by atoms with E-state index in [0.29, 0.717) is 0 Å². The van der Waals surface area contributed by atoms with Gasteiger partial charge in [-0.15, -0.1) is 0 Å². The number of benzene rings is 1. The van der Waals surface area contributed by atoms with Crippen molar-refractivity contribution in [1.29, 1.82) is 0 Å². The zero-order chi connectivity index (χ0) is 13.9. The fraction of sp³-hybridized carbons (Fsp3) is 0.588. The number of carbonyl (C=O) groups excluding carboxylic acids is 1. The molecular formula is C17H25NaO2. The van der Waals surface area contributed by atoms with Crippen LogP contribution >= 0.6 is 0 Å². The van der Waals surface area contributed by atoms with Crippen LogP contribution in [0.1, 0.15) is 74.2 Å². The minimum absolute atomic E-state index is 0. The van der Waals surface area contributed by atoms with Crippen molar-refractivity contribution in [3.63, 3.8) is 0 Å². The van der Waals surface area contributed by atoms with E-state index in [1.165, 1.54) is 56.9 Å². The van der Waals surface area contributed by atoms with Crippen molar-refractivity contribution < 1.29 is 39.5 Å². The first kappa shape index (κ1) is 19.7. The van der Waals surface area contributed by atoms with Crippen LogP contribution in [-0.4, -0.2) is 5.97 Å². The van der Waals surface area contributed by atoms with Gasteiger partial charge in [0.25, 0.3) is 0 Å². The van der Waals surface area contributed by atoms with Gasteiger partial charge in [-0.25, -0.2) is 0 Å². The SMILES string of the molecule is CCCCCCCCCCc1ccc(C(=O)[O-])cc1.[Na+]. The van der Waals surface area contributed by atoms with E-state index in [0.717, 1.165) is 6.42 Å². The van der Waals surface area contributed by atoms with Gasteiger partial charge in [0.05, 0.1) is 5.97 Å².